The molecule has 1 fully saturated rings. The summed E-state index contributed by atoms with van der Waals surface area (Å²) in [5.74, 6) is 1.59. The van der Waals surface area contributed by atoms with Crippen molar-refractivity contribution in [3.8, 4) is 28.1 Å². The monoisotopic (exact) mass is 364 g/mol. The topological polar surface area (TPSA) is 90.0 Å². The Morgan fingerprint density at radius 2 is 2.04 bits per heavy atom. The zero-order chi connectivity index (χ0) is 18.8. The predicted molar refractivity (Wildman–Crippen MR) is 106 cm³/mol. The number of nitrogens with one attached hydrogen (secondary N) is 2. The molecule has 3 heterocycles. The molecular weight excluding hydrogens is 340 g/mol. The van der Waals surface area contributed by atoms with Crippen LogP contribution in [-0.2, 0) is 0 Å². The average Bonchev–Trinajstić information content (AvgIpc) is 3.23. The zero-order valence-corrected chi connectivity index (χ0v) is 15.6. The van der Waals surface area contributed by atoms with Crippen LogP contribution in [0.25, 0.3) is 22.4 Å². The number of nitrogens with zero attached hydrogens (tertiary/aromatic N) is 4. The fraction of sp³-hybridized carbons (Fsp3) is 0.350. The number of phenolic OH excluding ortho intramolecular Hbond substituents is 1. The maximum atomic E-state index is 10.4. The molecule has 140 valence electrons. The SMILES string of the molecule is C[C@H]1CNCC[C@@H]1N(C)c1ccc(-c2ccc(-c3cn[nH]c3)cc2O)nn1. The molecule has 0 saturated carbocycles. The Bertz CT molecular complexity index is 893. The van der Waals surface area contributed by atoms with Crippen LogP contribution in [0.4, 0.5) is 5.82 Å². The normalized spacial score (nSPS) is 19.8. The Hall–Kier alpha value is -2.93. The van der Waals surface area contributed by atoms with Crippen LogP contribution >= 0.6 is 0 Å². The number of hydrogen-bond acceptors (Lipinski definition) is 6. The van der Waals surface area contributed by atoms with Crippen LogP contribution in [0.3, 0.4) is 0 Å². The van der Waals surface area contributed by atoms with Gasteiger partial charge in [0, 0.05) is 30.4 Å². The molecule has 1 saturated heterocycles. The highest BCUT2D eigenvalue weighted by molar-refractivity contribution is 5.73. The third-order valence-electron chi connectivity index (χ3n) is 5.35. The molecule has 0 aliphatic carbocycles. The van der Waals surface area contributed by atoms with Crippen LogP contribution < -0.4 is 10.2 Å². The van der Waals surface area contributed by atoms with Gasteiger partial charge in [0.15, 0.2) is 5.82 Å². The number of rotatable bonds is 4. The first-order chi connectivity index (χ1) is 13.1. The van der Waals surface area contributed by atoms with Crippen molar-refractivity contribution < 1.29 is 5.11 Å². The van der Waals surface area contributed by atoms with Crippen molar-refractivity contribution >= 4 is 5.82 Å². The van der Waals surface area contributed by atoms with Gasteiger partial charge in [-0.25, -0.2) is 0 Å². The molecule has 27 heavy (non-hydrogen) atoms. The van der Waals surface area contributed by atoms with Crippen LogP contribution in [0, 0.1) is 5.92 Å². The summed E-state index contributed by atoms with van der Waals surface area (Å²) in [4.78, 5) is 2.21. The number of anilines is 1. The van der Waals surface area contributed by atoms with Gasteiger partial charge in [-0.1, -0.05) is 13.0 Å². The minimum atomic E-state index is 0.177. The van der Waals surface area contributed by atoms with E-state index in [1.807, 2.05) is 24.3 Å². The van der Waals surface area contributed by atoms with Crippen molar-refractivity contribution in [2.75, 3.05) is 25.0 Å². The van der Waals surface area contributed by atoms with Gasteiger partial charge in [-0.05, 0) is 55.3 Å². The number of benzene rings is 1. The predicted octanol–water partition coefficient (Wildman–Crippen LogP) is 2.67. The largest absolute Gasteiger partial charge is 0.507 e. The zero-order valence-electron chi connectivity index (χ0n) is 15.6. The molecule has 1 aromatic carbocycles. The van der Waals surface area contributed by atoms with Crippen molar-refractivity contribution in [3.63, 3.8) is 0 Å². The van der Waals surface area contributed by atoms with E-state index in [2.05, 4.69) is 44.6 Å². The van der Waals surface area contributed by atoms with E-state index >= 15 is 0 Å². The number of aromatic amines is 1. The van der Waals surface area contributed by atoms with Crippen LogP contribution in [-0.4, -0.2) is 51.7 Å². The molecule has 1 aliphatic rings. The van der Waals surface area contributed by atoms with E-state index in [4.69, 9.17) is 0 Å². The van der Waals surface area contributed by atoms with Crippen molar-refractivity contribution in [2.45, 2.75) is 19.4 Å². The van der Waals surface area contributed by atoms with Gasteiger partial charge in [-0.15, -0.1) is 10.2 Å². The lowest BCUT2D eigenvalue weighted by Crippen LogP contribution is -2.47. The summed E-state index contributed by atoms with van der Waals surface area (Å²) in [6.07, 6.45) is 4.61. The Morgan fingerprint density at radius 3 is 2.70 bits per heavy atom. The Balaban J connectivity index is 1.55. The van der Waals surface area contributed by atoms with Crippen molar-refractivity contribution in [3.05, 3.63) is 42.7 Å². The lowest BCUT2D eigenvalue weighted by molar-refractivity contribution is 0.338. The van der Waals surface area contributed by atoms with E-state index in [1.54, 1.807) is 18.5 Å². The van der Waals surface area contributed by atoms with E-state index in [0.29, 0.717) is 23.2 Å². The number of aromatic hydroxyl groups is 1. The molecule has 2 aromatic heterocycles. The summed E-state index contributed by atoms with van der Waals surface area (Å²) in [6.45, 7) is 4.31. The Labute approximate surface area is 158 Å². The van der Waals surface area contributed by atoms with E-state index in [1.165, 1.54) is 0 Å². The first-order valence-corrected chi connectivity index (χ1v) is 9.23. The van der Waals surface area contributed by atoms with E-state index in [-0.39, 0.29) is 5.75 Å². The fourth-order valence-corrected chi connectivity index (χ4v) is 3.74. The van der Waals surface area contributed by atoms with Crippen molar-refractivity contribution in [1.82, 2.24) is 25.7 Å². The first kappa shape index (κ1) is 17.5. The number of piperidine rings is 1. The maximum absolute atomic E-state index is 10.4. The molecule has 1 aliphatic heterocycles. The summed E-state index contributed by atoms with van der Waals surface area (Å²) in [7, 11) is 2.08. The third-order valence-corrected chi connectivity index (χ3v) is 5.35. The first-order valence-electron chi connectivity index (χ1n) is 9.23. The van der Waals surface area contributed by atoms with Crippen molar-refractivity contribution in [1.29, 1.82) is 0 Å². The fourth-order valence-electron chi connectivity index (χ4n) is 3.74. The highest BCUT2D eigenvalue weighted by Crippen LogP contribution is 2.32. The number of phenols is 1. The molecule has 0 radical (unpaired) electrons. The molecule has 7 heteroatoms. The second-order valence-corrected chi connectivity index (χ2v) is 7.14. The summed E-state index contributed by atoms with van der Waals surface area (Å²) < 4.78 is 0. The highest BCUT2D eigenvalue weighted by Gasteiger charge is 2.25. The highest BCUT2D eigenvalue weighted by atomic mass is 16.3. The van der Waals surface area contributed by atoms with E-state index in [0.717, 1.165) is 36.5 Å². The number of H-pyrrole nitrogens is 1. The quantitative estimate of drug-likeness (QED) is 0.659. The Morgan fingerprint density at radius 1 is 1.15 bits per heavy atom. The minimum Gasteiger partial charge on any atom is -0.507 e. The third kappa shape index (κ3) is 3.50. The minimum absolute atomic E-state index is 0.177. The van der Waals surface area contributed by atoms with Gasteiger partial charge in [0.1, 0.15) is 5.75 Å². The second-order valence-electron chi connectivity index (χ2n) is 7.14. The van der Waals surface area contributed by atoms with Crippen molar-refractivity contribution in [2.24, 2.45) is 5.92 Å². The van der Waals surface area contributed by atoms with Gasteiger partial charge in [0.05, 0.1) is 11.9 Å². The second kappa shape index (κ2) is 7.36. The van der Waals surface area contributed by atoms with E-state index < -0.39 is 0 Å². The molecular formula is C20H24N6O. The molecule has 0 spiro atoms. The molecule has 0 amide bonds. The van der Waals surface area contributed by atoms with Gasteiger partial charge >= 0.3 is 0 Å². The van der Waals surface area contributed by atoms with Gasteiger partial charge < -0.3 is 15.3 Å². The van der Waals surface area contributed by atoms with Crippen LogP contribution in [0.15, 0.2) is 42.7 Å². The number of hydrogen-bond donors (Lipinski definition) is 3. The number of aromatic nitrogens is 4. The molecule has 3 N–H and O–H groups in total. The van der Waals surface area contributed by atoms with Gasteiger partial charge in [0.25, 0.3) is 0 Å². The van der Waals surface area contributed by atoms with Crippen LogP contribution in [0.1, 0.15) is 13.3 Å². The average molecular weight is 364 g/mol. The summed E-state index contributed by atoms with van der Waals surface area (Å²) >= 11 is 0. The summed E-state index contributed by atoms with van der Waals surface area (Å²) in [6, 6.07) is 9.86. The van der Waals surface area contributed by atoms with Gasteiger partial charge in [0.2, 0.25) is 0 Å². The Kier molecular flexibility index (Phi) is 4.77. The standard InChI is InChI=1S/C20H24N6O/c1-13-10-21-8-7-18(13)26(2)20-6-5-17(24-25-20)16-4-3-14(9-19(16)27)15-11-22-23-12-15/h3-6,9,11-13,18,21,27H,7-8,10H2,1-2H3,(H,22,23)/t13-,18-/m0/s1. The molecule has 2 atom stereocenters. The maximum Gasteiger partial charge on any atom is 0.151 e. The van der Waals surface area contributed by atoms with Gasteiger partial charge in [-0.2, -0.15) is 5.10 Å². The summed E-state index contributed by atoms with van der Waals surface area (Å²) in [5.41, 5.74) is 3.14. The lowest BCUT2D eigenvalue weighted by atomic mass is 9.94. The smallest absolute Gasteiger partial charge is 0.151 e. The van der Waals surface area contributed by atoms with Crippen LogP contribution in [0.2, 0.25) is 0 Å². The molecule has 4 rings (SSSR count). The van der Waals surface area contributed by atoms with E-state index in [9.17, 15) is 5.11 Å². The molecule has 0 bridgehead atoms. The summed E-state index contributed by atoms with van der Waals surface area (Å²) in [5, 5.41) is 29.4. The van der Waals surface area contributed by atoms with Gasteiger partial charge in [-0.3, -0.25) is 5.10 Å². The lowest BCUT2D eigenvalue weighted by Gasteiger charge is -2.37. The molecule has 3 aromatic rings. The molecule has 0 unspecified atom stereocenters. The van der Waals surface area contributed by atoms with Crippen LogP contribution in [0.5, 0.6) is 5.75 Å². The molecule has 7 nitrogen and oxygen atoms in total.